The normalized spacial score (nSPS) is 13.5. The third-order valence-corrected chi connectivity index (χ3v) is 3.81. The minimum absolute atomic E-state index is 0.0195. The first kappa shape index (κ1) is 20.8. The number of rotatable bonds is 15. The molecule has 0 radical (unpaired) electrons. The van der Waals surface area contributed by atoms with Crippen molar-refractivity contribution in [2.75, 3.05) is 45.4 Å². The lowest BCUT2D eigenvalue weighted by atomic mass is 10.0. The highest BCUT2D eigenvalue weighted by Gasteiger charge is 2.05. The predicted octanol–water partition coefficient (Wildman–Crippen LogP) is 2.14. The van der Waals surface area contributed by atoms with Gasteiger partial charge in [-0.05, 0) is 12.3 Å². The molecule has 0 bridgehead atoms. The van der Waals surface area contributed by atoms with Gasteiger partial charge < -0.3 is 14.2 Å². The molecule has 0 fully saturated rings. The first-order chi connectivity index (χ1) is 9.99. The van der Waals surface area contributed by atoms with Crippen molar-refractivity contribution in [3.63, 3.8) is 0 Å². The Morgan fingerprint density at radius 1 is 0.952 bits per heavy atom. The highest BCUT2D eigenvalue weighted by Crippen LogP contribution is 2.12. The van der Waals surface area contributed by atoms with Gasteiger partial charge in [0.05, 0.1) is 38.8 Å². The largest absolute Gasteiger partial charge is 0.379 e. The van der Waals surface area contributed by atoms with Crippen LogP contribution in [0, 0.1) is 5.92 Å². The Bertz CT molecular complexity index is 317. The minimum Gasteiger partial charge on any atom is -0.379 e. The molecule has 7 heteroatoms. The van der Waals surface area contributed by atoms with E-state index in [4.69, 9.17) is 18.8 Å². The summed E-state index contributed by atoms with van der Waals surface area (Å²) in [5.41, 5.74) is 0. The van der Waals surface area contributed by atoms with Gasteiger partial charge in [-0.3, -0.25) is 4.55 Å². The Hall–Kier alpha value is -0.210. The third kappa shape index (κ3) is 16.0. The fraction of sp³-hybridized carbons (Fsp3) is 1.00. The minimum atomic E-state index is -3.93. The van der Waals surface area contributed by atoms with Crippen molar-refractivity contribution in [2.45, 2.75) is 39.5 Å². The first-order valence-corrected chi connectivity index (χ1v) is 9.28. The van der Waals surface area contributed by atoms with E-state index in [1.807, 2.05) is 0 Å². The summed E-state index contributed by atoms with van der Waals surface area (Å²) in [5.74, 6) is 0.250. The fourth-order valence-corrected chi connectivity index (χ4v) is 2.08. The fourth-order valence-electron chi connectivity index (χ4n) is 1.75. The smallest absolute Gasteiger partial charge is 0.267 e. The molecule has 0 heterocycles. The van der Waals surface area contributed by atoms with Gasteiger partial charge in [0.2, 0.25) is 0 Å². The summed E-state index contributed by atoms with van der Waals surface area (Å²) in [7, 11) is -3.93. The van der Waals surface area contributed by atoms with Crippen LogP contribution in [0.15, 0.2) is 0 Å². The summed E-state index contributed by atoms with van der Waals surface area (Å²) in [6.45, 7) is 6.91. The van der Waals surface area contributed by atoms with E-state index < -0.39 is 10.1 Å². The van der Waals surface area contributed by atoms with Crippen LogP contribution in [0.4, 0.5) is 0 Å². The van der Waals surface area contributed by atoms with Gasteiger partial charge in [0.1, 0.15) is 0 Å². The van der Waals surface area contributed by atoms with Gasteiger partial charge in [0, 0.05) is 6.61 Å². The maximum absolute atomic E-state index is 10.4. The van der Waals surface area contributed by atoms with Crippen molar-refractivity contribution in [2.24, 2.45) is 5.92 Å². The van der Waals surface area contributed by atoms with Gasteiger partial charge >= 0.3 is 0 Å². The lowest BCUT2D eigenvalue weighted by Crippen LogP contribution is -2.15. The molecule has 0 rings (SSSR count). The zero-order chi connectivity index (χ0) is 16.0. The molecule has 0 amide bonds. The summed E-state index contributed by atoms with van der Waals surface area (Å²) in [6.07, 6.45) is 4.83. The highest BCUT2D eigenvalue weighted by atomic mass is 32.2. The molecule has 0 aliphatic carbocycles. The molecule has 0 saturated heterocycles. The summed E-state index contributed by atoms with van der Waals surface area (Å²) < 4.78 is 45.2. The van der Waals surface area contributed by atoms with Crippen LogP contribution in [-0.4, -0.2) is 58.4 Å². The van der Waals surface area contributed by atoms with E-state index in [-0.39, 0.29) is 12.4 Å². The molecule has 0 aromatic rings. The monoisotopic (exact) mass is 326 g/mol. The van der Waals surface area contributed by atoms with Crippen molar-refractivity contribution in [3.8, 4) is 0 Å². The van der Waals surface area contributed by atoms with Crippen LogP contribution in [-0.2, 0) is 24.3 Å². The lowest BCUT2D eigenvalue weighted by molar-refractivity contribution is 0.00825. The lowest BCUT2D eigenvalue weighted by Gasteiger charge is -2.14. The average Bonchev–Trinajstić information content (AvgIpc) is 2.43. The summed E-state index contributed by atoms with van der Waals surface area (Å²) in [6, 6.07) is 0. The second-order valence-electron chi connectivity index (χ2n) is 5.00. The van der Waals surface area contributed by atoms with Crippen molar-refractivity contribution in [1.29, 1.82) is 0 Å². The molecule has 0 aliphatic heterocycles. The van der Waals surface area contributed by atoms with Crippen LogP contribution in [0.2, 0.25) is 0 Å². The SMILES string of the molecule is CCCCC(CC)COCCOCCOCCS(=O)(=O)O. The number of hydrogen-bond donors (Lipinski definition) is 1. The molecule has 0 aromatic carbocycles. The van der Waals surface area contributed by atoms with Crippen LogP contribution >= 0.6 is 0 Å². The highest BCUT2D eigenvalue weighted by molar-refractivity contribution is 7.85. The first-order valence-electron chi connectivity index (χ1n) is 7.68. The van der Waals surface area contributed by atoms with Crippen molar-refractivity contribution < 1.29 is 27.2 Å². The topological polar surface area (TPSA) is 82.1 Å². The van der Waals surface area contributed by atoms with E-state index in [1.54, 1.807) is 0 Å². The summed E-state index contributed by atoms with van der Waals surface area (Å²) in [4.78, 5) is 0. The number of hydrogen-bond acceptors (Lipinski definition) is 5. The molecule has 128 valence electrons. The van der Waals surface area contributed by atoms with Gasteiger partial charge in [-0.1, -0.05) is 33.1 Å². The van der Waals surface area contributed by atoms with Gasteiger partial charge in [0.25, 0.3) is 10.1 Å². The second kappa shape index (κ2) is 13.5. The maximum Gasteiger partial charge on any atom is 0.267 e. The Kier molecular flexibility index (Phi) is 13.3. The average molecular weight is 326 g/mol. The Balaban J connectivity index is 3.28. The summed E-state index contributed by atoms with van der Waals surface area (Å²) >= 11 is 0. The Labute approximate surface area is 128 Å². The van der Waals surface area contributed by atoms with Gasteiger partial charge in [0.15, 0.2) is 0 Å². The van der Waals surface area contributed by atoms with Gasteiger partial charge in [-0.25, -0.2) is 0 Å². The van der Waals surface area contributed by atoms with E-state index in [2.05, 4.69) is 13.8 Å². The van der Waals surface area contributed by atoms with Gasteiger partial charge in [-0.15, -0.1) is 0 Å². The molecule has 0 saturated carbocycles. The molecule has 0 spiro atoms. The molecule has 0 aromatic heterocycles. The molecule has 1 N–H and O–H groups in total. The van der Waals surface area contributed by atoms with E-state index in [0.717, 1.165) is 13.0 Å². The predicted molar refractivity (Wildman–Crippen MR) is 82.2 cm³/mol. The Morgan fingerprint density at radius 2 is 1.52 bits per heavy atom. The molecule has 6 nitrogen and oxygen atoms in total. The zero-order valence-electron chi connectivity index (χ0n) is 13.3. The van der Waals surface area contributed by atoms with Crippen LogP contribution in [0.1, 0.15) is 39.5 Å². The van der Waals surface area contributed by atoms with Crippen LogP contribution in [0.5, 0.6) is 0 Å². The molecule has 1 atom stereocenters. The molecule has 1 unspecified atom stereocenters. The van der Waals surface area contributed by atoms with Crippen LogP contribution < -0.4 is 0 Å². The number of ether oxygens (including phenoxy) is 3. The van der Waals surface area contributed by atoms with E-state index in [9.17, 15) is 8.42 Å². The molecule has 0 aliphatic rings. The van der Waals surface area contributed by atoms with Crippen molar-refractivity contribution in [3.05, 3.63) is 0 Å². The van der Waals surface area contributed by atoms with Crippen LogP contribution in [0.25, 0.3) is 0 Å². The summed E-state index contributed by atoms with van der Waals surface area (Å²) in [5, 5.41) is 0. The molecular formula is C14H30O6S. The van der Waals surface area contributed by atoms with E-state index >= 15 is 0 Å². The third-order valence-electron chi connectivity index (χ3n) is 3.13. The standard InChI is InChI=1S/C14H30O6S/c1-3-5-6-14(4-2)13-20-10-9-18-7-8-19-11-12-21(15,16)17/h14H,3-13H2,1-2H3,(H,15,16,17). The second-order valence-corrected chi connectivity index (χ2v) is 6.57. The van der Waals surface area contributed by atoms with Crippen molar-refractivity contribution >= 4 is 10.1 Å². The quantitative estimate of drug-likeness (QED) is 0.367. The van der Waals surface area contributed by atoms with Crippen LogP contribution in [0.3, 0.4) is 0 Å². The molecular weight excluding hydrogens is 296 g/mol. The Morgan fingerprint density at radius 3 is 2.05 bits per heavy atom. The maximum atomic E-state index is 10.4. The van der Waals surface area contributed by atoms with E-state index in [1.165, 1.54) is 19.3 Å². The van der Waals surface area contributed by atoms with Gasteiger partial charge in [-0.2, -0.15) is 8.42 Å². The van der Waals surface area contributed by atoms with Crippen molar-refractivity contribution in [1.82, 2.24) is 0 Å². The van der Waals surface area contributed by atoms with E-state index in [0.29, 0.717) is 32.3 Å². The molecule has 21 heavy (non-hydrogen) atoms. The number of unbranched alkanes of at least 4 members (excludes halogenated alkanes) is 1. The zero-order valence-corrected chi connectivity index (χ0v) is 14.1.